The molecule has 7 heteroatoms. The number of hydrogen-bond acceptors (Lipinski definition) is 4. The molecule has 0 aromatic heterocycles. The Morgan fingerprint density at radius 1 is 1.21 bits per heavy atom. The lowest BCUT2D eigenvalue weighted by molar-refractivity contribution is 0.0625. The predicted molar refractivity (Wildman–Crippen MR) is 109 cm³/mol. The molecule has 0 bridgehead atoms. The Balaban J connectivity index is 0.00000529. The van der Waals surface area contributed by atoms with E-state index in [1.807, 2.05) is 7.05 Å². The van der Waals surface area contributed by atoms with Crippen molar-refractivity contribution in [1.82, 2.24) is 10.2 Å². The molecule has 24 heavy (non-hydrogen) atoms. The maximum absolute atomic E-state index is 5.46. The van der Waals surface area contributed by atoms with E-state index in [1.54, 1.807) is 7.11 Å². The highest BCUT2D eigenvalue weighted by Gasteiger charge is 2.15. The van der Waals surface area contributed by atoms with E-state index in [2.05, 4.69) is 22.3 Å². The summed E-state index contributed by atoms with van der Waals surface area (Å²) in [5.74, 6) is 1.78. The van der Waals surface area contributed by atoms with Gasteiger partial charge in [-0.05, 0) is 38.0 Å². The quantitative estimate of drug-likeness (QED) is 0.224. The van der Waals surface area contributed by atoms with Gasteiger partial charge >= 0.3 is 0 Å². The second-order valence-electron chi connectivity index (χ2n) is 6.05. The summed E-state index contributed by atoms with van der Waals surface area (Å²) < 4.78 is 15.8. The van der Waals surface area contributed by atoms with E-state index in [-0.39, 0.29) is 24.0 Å². The molecule has 0 aliphatic carbocycles. The normalized spacial score (nSPS) is 15.9. The second kappa shape index (κ2) is 16.4. The van der Waals surface area contributed by atoms with Gasteiger partial charge in [0.1, 0.15) is 0 Å². The first kappa shape index (κ1) is 23.9. The van der Waals surface area contributed by atoms with Crippen LogP contribution in [0.3, 0.4) is 0 Å². The Morgan fingerprint density at radius 3 is 2.62 bits per heavy atom. The van der Waals surface area contributed by atoms with Gasteiger partial charge in [-0.25, -0.2) is 0 Å². The van der Waals surface area contributed by atoms with Crippen LogP contribution in [-0.2, 0) is 14.2 Å². The van der Waals surface area contributed by atoms with Crippen molar-refractivity contribution < 1.29 is 14.2 Å². The topological polar surface area (TPSA) is 55.3 Å². The first-order valence-corrected chi connectivity index (χ1v) is 8.84. The zero-order chi connectivity index (χ0) is 16.8. The number of nitrogens with one attached hydrogen (secondary N) is 1. The van der Waals surface area contributed by atoms with Gasteiger partial charge in [-0.15, -0.1) is 24.0 Å². The number of nitrogens with zero attached hydrogens (tertiary/aromatic N) is 2. The van der Waals surface area contributed by atoms with Crippen LogP contribution < -0.4 is 5.32 Å². The molecule has 1 fully saturated rings. The van der Waals surface area contributed by atoms with Gasteiger partial charge in [0.25, 0.3) is 0 Å². The molecule has 0 radical (unpaired) electrons. The predicted octanol–water partition coefficient (Wildman–Crippen LogP) is 2.37. The maximum atomic E-state index is 5.46. The van der Waals surface area contributed by atoms with Crippen molar-refractivity contribution in [1.29, 1.82) is 0 Å². The van der Waals surface area contributed by atoms with Crippen molar-refractivity contribution in [3.05, 3.63) is 0 Å². The molecular formula is C17H36IN3O3. The SMILES string of the molecule is CN=C(NCCCCOCCOC)N(C)CCC1CCOCC1.I. The van der Waals surface area contributed by atoms with Gasteiger partial charge in [-0.3, -0.25) is 4.99 Å². The van der Waals surface area contributed by atoms with Gasteiger partial charge in [-0.1, -0.05) is 0 Å². The van der Waals surface area contributed by atoms with Crippen molar-refractivity contribution in [3.8, 4) is 0 Å². The van der Waals surface area contributed by atoms with Crippen molar-refractivity contribution in [2.24, 2.45) is 10.9 Å². The van der Waals surface area contributed by atoms with Crippen LogP contribution in [0.2, 0.25) is 0 Å². The Hall–Kier alpha value is -0.120. The number of halogens is 1. The van der Waals surface area contributed by atoms with Crippen LogP contribution in [-0.4, -0.2) is 78.2 Å². The number of aliphatic imine (C=N–C) groups is 1. The molecule has 1 heterocycles. The van der Waals surface area contributed by atoms with Crippen molar-refractivity contribution in [3.63, 3.8) is 0 Å². The van der Waals surface area contributed by atoms with E-state index in [0.717, 1.165) is 57.6 Å². The van der Waals surface area contributed by atoms with Crippen LogP contribution in [0.1, 0.15) is 32.1 Å². The molecule has 1 rings (SSSR count). The van der Waals surface area contributed by atoms with Gasteiger partial charge in [0.2, 0.25) is 0 Å². The van der Waals surface area contributed by atoms with Gasteiger partial charge in [-0.2, -0.15) is 0 Å². The minimum Gasteiger partial charge on any atom is -0.382 e. The summed E-state index contributed by atoms with van der Waals surface area (Å²) in [5, 5.41) is 3.43. The molecule has 0 aromatic carbocycles. The molecule has 0 amide bonds. The lowest BCUT2D eigenvalue weighted by Gasteiger charge is -2.26. The molecule has 1 saturated heterocycles. The molecule has 0 atom stereocenters. The first-order valence-electron chi connectivity index (χ1n) is 8.84. The third kappa shape index (κ3) is 11.4. The van der Waals surface area contributed by atoms with Gasteiger partial charge < -0.3 is 24.4 Å². The molecule has 0 aromatic rings. The highest BCUT2D eigenvalue weighted by molar-refractivity contribution is 14.0. The molecule has 144 valence electrons. The average Bonchev–Trinajstić information content (AvgIpc) is 2.59. The summed E-state index contributed by atoms with van der Waals surface area (Å²) >= 11 is 0. The van der Waals surface area contributed by atoms with Crippen LogP contribution in [0, 0.1) is 5.92 Å². The van der Waals surface area contributed by atoms with E-state index >= 15 is 0 Å². The summed E-state index contributed by atoms with van der Waals surface area (Å²) in [4.78, 5) is 6.60. The third-order valence-corrected chi connectivity index (χ3v) is 4.22. The van der Waals surface area contributed by atoms with Crippen LogP contribution in [0.4, 0.5) is 0 Å². The lowest BCUT2D eigenvalue weighted by atomic mass is 9.96. The monoisotopic (exact) mass is 457 g/mol. The minimum atomic E-state index is 0. The summed E-state index contributed by atoms with van der Waals surface area (Å²) in [7, 11) is 5.65. The zero-order valence-electron chi connectivity index (χ0n) is 15.6. The molecule has 0 unspecified atom stereocenters. The highest BCUT2D eigenvalue weighted by atomic mass is 127. The second-order valence-corrected chi connectivity index (χ2v) is 6.05. The lowest BCUT2D eigenvalue weighted by Crippen LogP contribution is -2.40. The molecule has 0 spiro atoms. The van der Waals surface area contributed by atoms with Gasteiger partial charge in [0.15, 0.2) is 5.96 Å². The van der Waals surface area contributed by atoms with Gasteiger partial charge in [0.05, 0.1) is 13.2 Å². The molecular weight excluding hydrogens is 421 g/mol. The first-order chi connectivity index (χ1) is 11.3. The van der Waals surface area contributed by atoms with Crippen molar-refractivity contribution in [2.45, 2.75) is 32.1 Å². The number of unbranched alkanes of at least 4 members (excludes halogenated alkanes) is 1. The molecule has 1 aliphatic heterocycles. The zero-order valence-corrected chi connectivity index (χ0v) is 17.9. The highest BCUT2D eigenvalue weighted by Crippen LogP contribution is 2.18. The summed E-state index contributed by atoms with van der Waals surface area (Å²) in [6.07, 6.45) is 5.75. The maximum Gasteiger partial charge on any atom is 0.193 e. The van der Waals surface area contributed by atoms with E-state index in [4.69, 9.17) is 14.2 Å². The molecule has 1 aliphatic rings. The van der Waals surface area contributed by atoms with Gasteiger partial charge in [0, 0.05) is 54.1 Å². The Kier molecular flexibility index (Phi) is 16.3. The van der Waals surface area contributed by atoms with Crippen molar-refractivity contribution in [2.75, 3.05) is 67.3 Å². The van der Waals surface area contributed by atoms with E-state index in [1.165, 1.54) is 19.3 Å². The molecule has 6 nitrogen and oxygen atoms in total. The fraction of sp³-hybridized carbons (Fsp3) is 0.941. The van der Waals surface area contributed by atoms with Crippen LogP contribution in [0.15, 0.2) is 4.99 Å². The van der Waals surface area contributed by atoms with E-state index < -0.39 is 0 Å². The average molecular weight is 457 g/mol. The number of hydrogen-bond donors (Lipinski definition) is 1. The number of guanidine groups is 1. The van der Waals surface area contributed by atoms with Crippen LogP contribution in [0.5, 0.6) is 0 Å². The fourth-order valence-electron chi connectivity index (χ4n) is 2.68. The Bertz CT molecular complexity index is 313. The largest absolute Gasteiger partial charge is 0.382 e. The fourth-order valence-corrected chi connectivity index (χ4v) is 2.68. The minimum absolute atomic E-state index is 0. The number of ether oxygens (including phenoxy) is 3. The molecule has 0 saturated carbocycles. The standard InChI is InChI=1S/C17H35N3O3.HI/c1-18-17(19-9-4-5-11-22-15-14-21-3)20(2)10-6-16-7-12-23-13-8-16;/h16H,4-15H2,1-3H3,(H,18,19);1H. The third-order valence-electron chi connectivity index (χ3n) is 4.22. The Morgan fingerprint density at radius 2 is 1.96 bits per heavy atom. The Labute approximate surface area is 164 Å². The van der Waals surface area contributed by atoms with E-state index in [9.17, 15) is 0 Å². The number of rotatable bonds is 11. The summed E-state index contributed by atoms with van der Waals surface area (Å²) in [6.45, 7) is 5.97. The van der Waals surface area contributed by atoms with E-state index in [0.29, 0.717) is 13.2 Å². The van der Waals surface area contributed by atoms with Crippen LogP contribution >= 0.6 is 24.0 Å². The summed E-state index contributed by atoms with van der Waals surface area (Å²) in [6, 6.07) is 0. The summed E-state index contributed by atoms with van der Waals surface area (Å²) in [5.41, 5.74) is 0. The number of methoxy groups -OCH3 is 1. The van der Waals surface area contributed by atoms with Crippen LogP contribution in [0.25, 0.3) is 0 Å². The smallest absolute Gasteiger partial charge is 0.193 e. The molecule has 1 N–H and O–H groups in total. The van der Waals surface area contributed by atoms with Crippen molar-refractivity contribution >= 4 is 29.9 Å².